The van der Waals surface area contributed by atoms with Gasteiger partial charge in [0, 0.05) is 5.56 Å². The lowest BCUT2D eigenvalue weighted by Gasteiger charge is -2.30. The van der Waals surface area contributed by atoms with Crippen molar-refractivity contribution in [3.8, 4) is 17.2 Å². The topological polar surface area (TPSA) is 76.4 Å². The number of thiocarbonyl (C=S) groups is 1. The minimum Gasteiger partial charge on any atom is -0.495 e. The lowest BCUT2D eigenvalue weighted by atomic mass is 9.75. The fraction of sp³-hybridized carbons (Fsp3) is 0.156. The molecule has 1 heterocycles. The first-order valence-corrected chi connectivity index (χ1v) is 13.0. The molecule has 0 aliphatic rings. The molecule has 5 rings (SSSR count). The Hall–Kier alpha value is -4.49. The molecule has 6 nitrogen and oxygen atoms in total. The number of nitrogens with one attached hydrogen (secondary N) is 2. The number of aryl methyl sites for hydroxylation is 2. The summed E-state index contributed by atoms with van der Waals surface area (Å²) in [7, 11) is 1.58. The summed E-state index contributed by atoms with van der Waals surface area (Å²) in [6, 6.07) is 28.9. The number of carbonyl (C=O) groups is 1. The van der Waals surface area contributed by atoms with E-state index in [1.807, 2.05) is 112 Å². The molecule has 0 fully saturated rings. The predicted octanol–water partition coefficient (Wildman–Crippen LogP) is 6.94. The van der Waals surface area contributed by atoms with Gasteiger partial charge in [-0.3, -0.25) is 4.79 Å². The van der Waals surface area contributed by atoms with Crippen LogP contribution in [0.2, 0.25) is 0 Å². The number of oxazole rings is 1. The number of amides is 1. The number of ether oxygens (including phenoxy) is 1. The first-order valence-electron chi connectivity index (χ1n) is 12.6. The number of rotatable bonds is 6. The zero-order valence-corrected chi connectivity index (χ0v) is 23.1. The number of methoxy groups -OCH3 is 1. The Morgan fingerprint density at radius 2 is 1.51 bits per heavy atom. The number of carbonyl (C=O) groups excluding carboxylic acids is 1. The normalized spacial score (nSPS) is 11.3. The molecule has 0 aliphatic heterocycles. The number of fused-ring (bicyclic) bond motifs is 1. The van der Waals surface area contributed by atoms with Gasteiger partial charge in [0.25, 0.3) is 0 Å². The molecule has 7 heteroatoms. The fourth-order valence-electron chi connectivity index (χ4n) is 4.60. The predicted molar refractivity (Wildman–Crippen MR) is 159 cm³/mol. The summed E-state index contributed by atoms with van der Waals surface area (Å²) in [5.41, 5.74) is 5.89. The van der Waals surface area contributed by atoms with Crippen molar-refractivity contribution in [3.05, 3.63) is 113 Å². The fourth-order valence-corrected chi connectivity index (χ4v) is 4.80. The van der Waals surface area contributed by atoms with Crippen molar-refractivity contribution < 1.29 is 13.9 Å². The van der Waals surface area contributed by atoms with Gasteiger partial charge in [0.1, 0.15) is 11.3 Å². The lowest BCUT2D eigenvalue weighted by molar-refractivity contribution is -0.123. The Morgan fingerprint density at radius 3 is 2.13 bits per heavy atom. The summed E-state index contributed by atoms with van der Waals surface area (Å²) in [6.45, 7) is 5.99. The number of hydrogen-bond acceptors (Lipinski definition) is 5. The first-order chi connectivity index (χ1) is 18.8. The summed E-state index contributed by atoms with van der Waals surface area (Å²) >= 11 is 5.59. The van der Waals surface area contributed by atoms with E-state index in [9.17, 15) is 4.79 Å². The van der Waals surface area contributed by atoms with Crippen molar-refractivity contribution in [1.82, 2.24) is 10.3 Å². The SMILES string of the molecule is COc1ccc(-c2nc3cc(C)c(C)cc3o2)cc1NC(=S)NC(=O)C(C)(c1ccccc1)c1ccccc1. The monoisotopic (exact) mass is 535 g/mol. The van der Waals surface area contributed by atoms with E-state index in [1.54, 1.807) is 7.11 Å². The van der Waals surface area contributed by atoms with Crippen molar-refractivity contribution in [2.45, 2.75) is 26.2 Å². The van der Waals surface area contributed by atoms with E-state index in [-0.39, 0.29) is 11.0 Å². The van der Waals surface area contributed by atoms with E-state index in [1.165, 1.54) is 0 Å². The van der Waals surface area contributed by atoms with Crippen LogP contribution >= 0.6 is 12.2 Å². The van der Waals surface area contributed by atoms with E-state index in [0.717, 1.165) is 38.9 Å². The number of aromatic nitrogens is 1. The number of nitrogens with zero attached hydrogens (tertiary/aromatic N) is 1. The average molecular weight is 536 g/mol. The molecule has 1 amide bonds. The lowest BCUT2D eigenvalue weighted by Crippen LogP contribution is -2.47. The van der Waals surface area contributed by atoms with Gasteiger partial charge in [-0.1, -0.05) is 60.7 Å². The van der Waals surface area contributed by atoms with E-state index >= 15 is 0 Å². The second-order valence-corrected chi connectivity index (χ2v) is 10.0. The minimum atomic E-state index is -0.964. The molecule has 0 radical (unpaired) electrons. The van der Waals surface area contributed by atoms with Crippen LogP contribution in [0.3, 0.4) is 0 Å². The van der Waals surface area contributed by atoms with Crippen LogP contribution in [0.1, 0.15) is 29.2 Å². The van der Waals surface area contributed by atoms with Crippen LogP contribution in [0.25, 0.3) is 22.6 Å². The van der Waals surface area contributed by atoms with Crippen LogP contribution in [-0.2, 0) is 10.2 Å². The van der Waals surface area contributed by atoms with Crippen molar-refractivity contribution in [2.24, 2.45) is 0 Å². The van der Waals surface area contributed by atoms with E-state index in [0.29, 0.717) is 17.3 Å². The third-order valence-corrected chi connectivity index (χ3v) is 7.29. The second-order valence-electron chi connectivity index (χ2n) is 9.60. The Morgan fingerprint density at radius 1 is 0.897 bits per heavy atom. The molecular formula is C32H29N3O3S. The van der Waals surface area contributed by atoms with Crippen LogP contribution in [0, 0.1) is 13.8 Å². The van der Waals surface area contributed by atoms with Crippen molar-refractivity contribution >= 4 is 40.0 Å². The molecule has 0 saturated carbocycles. The Balaban J connectivity index is 1.42. The molecule has 0 aliphatic carbocycles. The Kier molecular flexibility index (Phi) is 7.17. The van der Waals surface area contributed by atoms with E-state index in [2.05, 4.69) is 15.6 Å². The second kappa shape index (κ2) is 10.7. The highest BCUT2D eigenvalue weighted by atomic mass is 32.1. The molecule has 0 bridgehead atoms. The van der Waals surface area contributed by atoms with E-state index in [4.69, 9.17) is 21.4 Å². The van der Waals surface area contributed by atoms with Crippen LogP contribution in [0.15, 0.2) is 95.4 Å². The molecule has 39 heavy (non-hydrogen) atoms. The Labute approximate surface area is 233 Å². The maximum absolute atomic E-state index is 13.8. The third-order valence-electron chi connectivity index (χ3n) is 7.08. The largest absolute Gasteiger partial charge is 0.495 e. The third kappa shape index (κ3) is 5.13. The molecule has 0 spiro atoms. The molecular weight excluding hydrogens is 506 g/mol. The minimum absolute atomic E-state index is 0.150. The van der Waals surface area contributed by atoms with Crippen molar-refractivity contribution in [1.29, 1.82) is 0 Å². The highest BCUT2D eigenvalue weighted by Gasteiger charge is 2.37. The van der Waals surface area contributed by atoms with Gasteiger partial charge >= 0.3 is 0 Å². The Bertz CT molecular complexity index is 1580. The molecule has 0 atom stereocenters. The smallest absolute Gasteiger partial charge is 0.240 e. The number of benzene rings is 4. The summed E-state index contributed by atoms with van der Waals surface area (Å²) in [6.07, 6.45) is 0. The average Bonchev–Trinajstić information content (AvgIpc) is 3.36. The first kappa shape index (κ1) is 26.1. The quantitative estimate of drug-likeness (QED) is 0.229. The molecule has 1 aromatic heterocycles. The zero-order valence-electron chi connectivity index (χ0n) is 22.2. The molecule has 2 N–H and O–H groups in total. The van der Waals surface area contributed by atoms with Crippen molar-refractivity contribution in [3.63, 3.8) is 0 Å². The van der Waals surface area contributed by atoms with Gasteiger partial charge in [-0.05, 0) is 85.6 Å². The summed E-state index contributed by atoms with van der Waals surface area (Å²) in [5.74, 6) is 0.792. The van der Waals surface area contributed by atoms with Gasteiger partial charge in [0.2, 0.25) is 11.8 Å². The summed E-state index contributed by atoms with van der Waals surface area (Å²) < 4.78 is 11.6. The van der Waals surface area contributed by atoms with Gasteiger partial charge in [-0.15, -0.1) is 0 Å². The van der Waals surface area contributed by atoms with Gasteiger partial charge in [-0.2, -0.15) is 0 Å². The highest BCUT2D eigenvalue weighted by molar-refractivity contribution is 7.80. The maximum Gasteiger partial charge on any atom is 0.240 e. The number of hydrogen-bond donors (Lipinski definition) is 2. The highest BCUT2D eigenvalue weighted by Crippen LogP contribution is 2.34. The molecule has 5 aromatic rings. The van der Waals surface area contributed by atoms with Gasteiger partial charge < -0.3 is 19.8 Å². The summed E-state index contributed by atoms with van der Waals surface area (Å²) in [5, 5.41) is 6.18. The van der Waals surface area contributed by atoms with Crippen LogP contribution in [-0.4, -0.2) is 23.1 Å². The van der Waals surface area contributed by atoms with Crippen LogP contribution in [0.5, 0.6) is 5.75 Å². The standard InChI is InChI=1S/C32H29N3O3S/c1-20-17-25-28(18-21(20)2)38-29(33-25)22-15-16-27(37-4)26(19-22)34-31(39)35-30(36)32(3,23-11-7-5-8-12-23)24-13-9-6-10-14-24/h5-19H,1-4H3,(H2,34,35,36,39). The zero-order chi connectivity index (χ0) is 27.6. The molecule has 0 saturated heterocycles. The van der Waals surface area contributed by atoms with Crippen molar-refractivity contribution in [2.75, 3.05) is 12.4 Å². The molecule has 196 valence electrons. The molecule has 0 unspecified atom stereocenters. The van der Waals surface area contributed by atoms with Crippen LogP contribution in [0.4, 0.5) is 5.69 Å². The van der Waals surface area contributed by atoms with Gasteiger partial charge in [-0.25, -0.2) is 4.98 Å². The van der Waals surface area contributed by atoms with E-state index < -0.39 is 5.41 Å². The maximum atomic E-state index is 13.8. The molecule has 4 aromatic carbocycles. The number of anilines is 1. The summed E-state index contributed by atoms with van der Waals surface area (Å²) in [4.78, 5) is 18.4. The van der Waals surface area contributed by atoms with Crippen LogP contribution < -0.4 is 15.4 Å². The van der Waals surface area contributed by atoms with Gasteiger partial charge in [0.15, 0.2) is 10.7 Å². The van der Waals surface area contributed by atoms with Gasteiger partial charge in [0.05, 0.1) is 18.2 Å².